The highest BCUT2D eigenvalue weighted by Crippen LogP contribution is 2.33. The first-order valence-corrected chi connectivity index (χ1v) is 8.62. The van der Waals surface area contributed by atoms with Crippen molar-refractivity contribution >= 4 is 15.0 Å². The van der Waals surface area contributed by atoms with Crippen LogP contribution in [0.4, 0.5) is 0 Å². The summed E-state index contributed by atoms with van der Waals surface area (Å²) in [6, 6.07) is 2.13. The Balaban J connectivity index is 5.08. The maximum atomic E-state index is 11.8. The monoisotopic (exact) mass is 257 g/mol. The maximum Gasteiger partial charge on any atom is 0.334 e. The average molecular weight is 257 g/mol. The van der Waals surface area contributed by atoms with E-state index in [0.29, 0.717) is 6.42 Å². The molecule has 0 rings (SSSR count). The van der Waals surface area contributed by atoms with Crippen molar-refractivity contribution in [2.45, 2.75) is 46.4 Å². The highest BCUT2D eigenvalue weighted by atomic mass is 28.3. The molecule has 0 saturated heterocycles. The lowest BCUT2D eigenvalue weighted by Gasteiger charge is -2.35. The van der Waals surface area contributed by atoms with Crippen LogP contribution in [-0.4, -0.2) is 28.2 Å². The molecule has 5 heteroatoms. The minimum absolute atomic E-state index is 0.144. The molecule has 0 aromatic rings. The second-order valence-corrected chi connectivity index (χ2v) is 7.83. The van der Waals surface area contributed by atoms with Gasteiger partial charge in [-0.05, 0) is 18.5 Å². The Morgan fingerprint density at radius 1 is 1.41 bits per heavy atom. The van der Waals surface area contributed by atoms with Crippen LogP contribution < -0.4 is 0 Å². The fraction of sp³-hybridized carbons (Fsp3) is 0.833. The van der Waals surface area contributed by atoms with Gasteiger partial charge in [-0.15, -0.1) is 0 Å². The quantitative estimate of drug-likeness (QED) is 0.559. The van der Waals surface area contributed by atoms with Crippen LogP contribution >= 0.6 is 0 Å². The molecule has 0 fully saturated rings. The van der Waals surface area contributed by atoms with E-state index in [9.17, 15) is 4.79 Å². The molecule has 4 nitrogen and oxygen atoms in total. The van der Waals surface area contributed by atoms with Crippen molar-refractivity contribution in [2.24, 2.45) is 11.3 Å². The Hall–Kier alpha value is -0.863. The van der Waals surface area contributed by atoms with E-state index in [4.69, 9.17) is 14.4 Å². The summed E-state index contributed by atoms with van der Waals surface area (Å²) in [6.45, 7) is 10.0. The summed E-state index contributed by atoms with van der Waals surface area (Å²) < 4.78 is 10.5. The first-order chi connectivity index (χ1) is 7.73. The van der Waals surface area contributed by atoms with Gasteiger partial charge < -0.3 is 9.16 Å². The molecule has 2 atom stereocenters. The smallest absolute Gasteiger partial charge is 0.334 e. The maximum absolute atomic E-state index is 11.8. The van der Waals surface area contributed by atoms with E-state index < -0.39 is 15.1 Å². The van der Waals surface area contributed by atoms with Crippen LogP contribution in [0.15, 0.2) is 0 Å². The van der Waals surface area contributed by atoms with Crippen molar-refractivity contribution in [3.05, 3.63) is 0 Å². The van der Waals surface area contributed by atoms with E-state index in [1.54, 1.807) is 0 Å². The number of esters is 1. The van der Waals surface area contributed by atoms with E-state index in [1.165, 1.54) is 7.11 Å². The summed E-state index contributed by atoms with van der Waals surface area (Å²) >= 11 is 0. The SMILES string of the molecule is COC(=O)C(O[SiH](C)C)[C@H](CC#N)C(C)(C)C. The second-order valence-electron chi connectivity index (χ2n) is 5.46. The predicted octanol–water partition coefficient (Wildman–Crippen LogP) is 2.10. The molecule has 0 N–H and O–H groups in total. The molecule has 17 heavy (non-hydrogen) atoms. The van der Waals surface area contributed by atoms with Gasteiger partial charge in [-0.3, -0.25) is 0 Å². The van der Waals surface area contributed by atoms with Crippen molar-refractivity contribution in [3.63, 3.8) is 0 Å². The van der Waals surface area contributed by atoms with Crippen molar-refractivity contribution < 1.29 is 14.0 Å². The van der Waals surface area contributed by atoms with Crippen molar-refractivity contribution in [3.8, 4) is 6.07 Å². The summed E-state index contributed by atoms with van der Waals surface area (Å²) in [5.74, 6) is -0.517. The van der Waals surface area contributed by atoms with Crippen LogP contribution in [-0.2, 0) is 14.0 Å². The molecule has 0 aromatic carbocycles. The normalized spacial score (nSPS) is 15.2. The average Bonchev–Trinajstić information content (AvgIpc) is 2.20. The molecule has 0 aromatic heterocycles. The van der Waals surface area contributed by atoms with Crippen LogP contribution in [0, 0.1) is 22.7 Å². The lowest BCUT2D eigenvalue weighted by Crippen LogP contribution is -2.42. The molecule has 0 radical (unpaired) electrons. The fourth-order valence-electron chi connectivity index (χ4n) is 1.69. The van der Waals surface area contributed by atoms with Gasteiger partial charge >= 0.3 is 5.97 Å². The predicted molar refractivity (Wildman–Crippen MR) is 68.9 cm³/mol. The molecular formula is C12H23NO3Si. The fourth-order valence-corrected chi connectivity index (χ4v) is 2.58. The van der Waals surface area contributed by atoms with Crippen LogP contribution in [0.1, 0.15) is 27.2 Å². The van der Waals surface area contributed by atoms with Gasteiger partial charge in [-0.1, -0.05) is 20.8 Å². The van der Waals surface area contributed by atoms with Crippen molar-refractivity contribution in [1.29, 1.82) is 5.26 Å². The van der Waals surface area contributed by atoms with Gasteiger partial charge in [-0.25, -0.2) is 4.79 Å². The number of methoxy groups -OCH3 is 1. The van der Waals surface area contributed by atoms with E-state index >= 15 is 0 Å². The Morgan fingerprint density at radius 2 is 1.94 bits per heavy atom. The number of hydrogen-bond acceptors (Lipinski definition) is 4. The van der Waals surface area contributed by atoms with Gasteiger partial charge in [-0.2, -0.15) is 5.26 Å². The summed E-state index contributed by atoms with van der Waals surface area (Å²) in [5.41, 5.74) is -0.169. The third-order valence-electron chi connectivity index (χ3n) is 2.64. The Bertz CT molecular complexity index is 291. The van der Waals surface area contributed by atoms with Crippen molar-refractivity contribution in [1.82, 2.24) is 0 Å². The molecule has 0 saturated carbocycles. The molecule has 0 spiro atoms. The van der Waals surface area contributed by atoms with Gasteiger partial charge in [0.2, 0.25) is 0 Å². The number of hydrogen-bond donors (Lipinski definition) is 0. The Labute approximate surface area is 106 Å². The first kappa shape index (κ1) is 16.1. The summed E-state index contributed by atoms with van der Waals surface area (Å²) in [5, 5.41) is 8.89. The summed E-state index contributed by atoms with van der Waals surface area (Å²) in [6.07, 6.45) is -0.323. The largest absolute Gasteiger partial charge is 0.467 e. The Morgan fingerprint density at radius 3 is 2.24 bits per heavy atom. The molecule has 0 aliphatic rings. The standard InChI is InChI=1S/C12H23NO3Si/c1-12(2,3)9(7-8-13)10(11(14)15-4)16-17(5)6/h9-10,17H,7H2,1-6H3/t9-,10?/m0/s1. The number of nitriles is 1. The molecule has 0 aliphatic carbocycles. The highest BCUT2D eigenvalue weighted by molar-refractivity contribution is 6.48. The third kappa shape index (κ3) is 5.33. The number of carbonyl (C=O) groups excluding carboxylic acids is 1. The summed E-state index contributed by atoms with van der Waals surface area (Å²) in [4.78, 5) is 11.8. The number of rotatable bonds is 5. The van der Waals surface area contributed by atoms with Gasteiger partial charge in [0.25, 0.3) is 0 Å². The van der Waals surface area contributed by atoms with Crippen LogP contribution in [0.5, 0.6) is 0 Å². The Kier molecular flexibility index (Phi) is 6.43. The van der Waals surface area contributed by atoms with E-state index in [0.717, 1.165) is 0 Å². The molecule has 1 unspecified atom stereocenters. The molecule has 98 valence electrons. The van der Waals surface area contributed by atoms with Gasteiger partial charge in [0, 0.05) is 12.3 Å². The minimum atomic E-state index is -1.36. The van der Waals surface area contributed by atoms with Crippen LogP contribution in [0.25, 0.3) is 0 Å². The third-order valence-corrected chi connectivity index (χ3v) is 3.48. The van der Waals surface area contributed by atoms with Gasteiger partial charge in [0.05, 0.1) is 13.2 Å². The lowest BCUT2D eigenvalue weighted by atomic mass is 9.75. The van der Waals surface area contributed by atoms with Gasteiger partial charge in [0.15, 0.2) is 9.04 Å². The number of nitrogens with zero attached hydrogens (tertiary/aromatic N) is 1. The van der Waals surface area contributed by atoms with Crippen molar-refractivity contribution in [2.75, 3.05) is 7.11 Å². The molecule has 0 aliphatic heterocycles. The van der Waals surface area contributed by atoms with E-state index in [-0.39, 0.29) is 17.3 Å². The molecule has 0 heterocycles. The number of ether oxygens (including phenoxy) is 1. The zero-order valence-electron chi connectivity index (χ0n) is 11.6. The zero-order chi connectivity index (χ0) is 13.6. The first-order valence-electron chi connectivity index (χ1n) is 5.84. The zero-order valence-corrected chi connectivity index (χ0v) is 12.8. The van der Waals surface area contributed by atoms with E-state index in [2.05, 4.69) is 6.07 Å². The van der Waals surface area contributed by atoms with E-state index in [1.807, 2.05) is 33.9 Å². The summed E-state index contributed by atoms with van der Waals surface area (Å²) in [7, 11) is -0.00783. The molecular weight excluding hydrogens is 234 g/mol. The highest BCUT2D eigenvalue weighted by Gasteiger charge is 2.38. The molecule has 0 amide bonds. The minimum Gasteiger partial charge on any atom is -0.467 e. The van der Waals surface area contributed by atoms with Gasteiger partial charge in [0.1, 0.15) is 6.10 Å². The van der Waals surface area contributed by atoms with Crippen LogP contribution in [0.3, 0.4) is 0 Å². The topological polar surface area (TPSA) is 59.3 Å². The number of carbonyl (C=O) groups is 1. The lowest BCUT2D eigenvalue weighted by molar-refractivity contribution is -0.154. The van der Waals surface area contributed by atoms with Crippen LogP contribution in [0.2, 0.25) is 13.1 Å². The molecule has 0 bridgehead atoms. The second kappa shape index (κ2) is 6.77.